The van der Waals surface area contributed by atoms with E-state index < -0.39 is 10.0 Å². The third-order valence-electron chi connectivity index (χ3n) is 4.40. The Morgan fingerprint density at radius 1 is 1.07 bits per heavy atom. The largest absolute Gasteiger partial charge is 0.345 e. The number of aryl methyl sites for hydroxylation is 1. The van der Waals surface area contributed by atoms with Gasteiger partial charge in [-0.05, 0) is 36.6 Å². The molecule has 0 heterocycles. The molecular formula is C21H28N2O3S. The zero-order valence-corrected chi connectivity index (χ0v) is 17.0. The molecule has 1 unspecified atom stereocenters. The van der Waals surface area contributed by atoms with E-state index in [4.69, 9.17) is 0 Å². The van der Waals surface area contributed by atoms with E-state index in [1.54, 1.807) is 25.1 Å². The van der Waals surface area contributed by atoms with Crippen LogP contribution in [0.4, 0.5) is 5.69 Å². The molecule has 0 bridgehead atoms. The first-order chi connectivity index (χ1) is 12.8. The zero-order chi connectivity index (χ0) is 19.9. The highest BCUT2D eigenvalue weighted by atomic mass is 32.2. The van der Waals surface area contributed by atoms with Crippen LogP contribution in [0.25, 0.3) is 0 Å². The zero-order valence-electron chi connectivity index (χ0n) is 16.2. The Bertz CT molecular complexity index is 864. The highest BCUT2D eigenvalue weighted by Gasteiger charge is 2.17. The Labute approximate surface area is 162 Å². The fourth-order valence-electron chi connectivity index (χ4n) is 2.92. The number of carbonyl (C=O) groups excluding carboxylic acids is 1. The molecule has 1 atom stereocenters. The van der Waals surface area contributed by atoms with E-state index in [-0.39, 0.29) is 11.9 Å². The number of carbonyl (C=O) groups is 1. The van der Waals surface area contributed by atoms with Gasteiger partial charge >= 0.3 is 0 Å². The lowest BCUT2D eigenvalue weighted by molar-refractivity contribution is 0.0934. The van der Waals surface area contributed by atoms with E-state index in [0.717, 1.165) is 43.1 Å². The molecule has 0 aliphatic carbocycles. The molecule has 0 aliphatic heterocycles. The highest BCUT2D eigenvalue weighted by molar-refractivity contribution is 7.92. The van der Waals surface area contributed by atoms with Gasteiger partial charge in [0.1, 0.15) is 0 Å². The Hall–Kier alpha value is -2.34. The summed E-state index contributed by atoms with van der Waals surface area (Å²) in [7, 11) is -3.40. The van der Waals surface area contributed by atoms with Gasteiger partial charge in [0.25, 0.3) is 5.91 Å². The maximum absolute atomic E-state index is 12.8. The predicted molar refractivity (Wildman–Crippen MR) is 110 cm³/mol. The van der Waals surface area contributed by atoms with Gasteiger partial charge in [0.2, 0.25) is 10.0 Å². The quantitative estimate of drug-likeness (QED) is 0.625. The minimum Gasteiger partial charge on any atom is -0.345 e. The van der Waals surface area contributed by atoms with Crippen LogP contribution >= 0.6 is 0 Å². The number of rotatable bonds is 9. The summed E-state index contributed by atoms with van der Waals surface area (Å²) in [4.78, 5) is 12.8. The number of hydrogen-bond donors (Lipinski definition) is 2. The van der Waals surface area contributed by atoms with Crippen molar-refractivity contribution in [1.29, 1.82) is 0 Å². The van der Waals surface area contributed by atoms with Crippen molar-refractivity contribution in [3.63, 3.8) is 0 Å². The molecule has 0 saturated heterocycles. The van der Waals surface area contributed by atoms with Crippen LogP contribution in [0, 0.1) is 6.92 Å². The number of unbranched alkanes of at least 4 members (excludes halogenated alkanes) is 2. The Morgan fingerprint density at radius 2 is 1.78 bits per heavy atom. The molecule has 0 fully saturated rings. The summed E-state index contributed by atoms with van der Waals surface area (Å²) >= 11 is 0. The lowest BCUT2D eigenvalue weighted by Gasteiger charge is -2.20. The molecule has 2 rings (SSSR count). The molecule has 5 nitrogen and oxygen atoms in total. The second kappa shape index (κ2) is 9.55. The topological polar surface area (TPSA) is 75.3 Å². The number of nitrogens with one attached hydrogen (secondary N) is 2. The molecule has 2 aromatic rings. The van der Waals surface area contributed by atoms with Crippen molar-refractivity contribution in [2.24, 2.45) is 0 Å². The molecule has 0 radical (unpaired) electrons. The minimum atomic E-state index is -3.40. The molecule has 0 aromatic heterocycles. The summed E-state index contributed by atoms with van der Waals surface area (Å²) in [6.45, 7) is 3.95. The van der Waals surface area contributed by atoms with Crippen LogP contribution in [0.1, 0.15) is 60.1 Å². The van der Waals surface area contributed by atoms with Gasteiger partial charge in [-0.1, -0.05) is 62.6 Å². The monoisotopic (exact) mass is 388 g/mol. The van der Waals surface area contributed by atoms with Crippen molar-refractivity contribution >= 4 is 21.6 Å². The van der Waals surface area contributed by atoms with Gasteiger partial charge < -0.3 is 5.32 Å². The molecule has 0 spiro atoms. The molecule has 0 aliphatic rings. The van der Waals surface area contributed by atoms with Gasteiger partial charge in [-0.3, -0.25) is 9.52 Å². The minimum absolute atomic E-state index is 0.0714. The fourth-order valence-corrected chi connectivity index (χ4v) is 3.54. The van der Waals surface area contributed by atoms with Crippen molar-refractivity contribution in [3.8, 4) is 0 Å². The van der Waals surface area contributed by atoms with Crippen LogP contribution in [0.5, 0.6) is 0 Å². The van der Waals surface area contributed by atoms with E-state index in [9.17, 15) is 13.2 Å². The van der Waals surface area contributed by atoms with E-state index in [1.807, 2.05) is 30.3 Å². The highest BCUT2D eigenvalue weighted by Crippen LogP contribution is 2.22. The Kier molecular flexibility index (Phi) is 7.42. The van der Waals surface area contributed by atoms with E-state index in [1.165, 1.54) is 0 Å². The number of anilines is 1. The standard InChI is InChI=1S/C21H28N2O3S/c1-4-5-7-12-19(17-10-8-6-9-11-17)22-21(24)18-14-13-16(2)20(15-18)23-27(3,25)26/h6,8-11,13-15,19,23H,4-5,7,12H2,1-3H3,(H,22,24). The van der Waals surface area contributed by atoms with Crippen molar-refractivity contribution in [2.45, 2.75) is 45.6 Å². The number of benzene rings is 2. The fraction of sp³-hybridized carbons (Fsp3) is 0.381. The summed E-state index contributed by atoms with van der Waals surface area (Å²) in [5.74, 6) is -0.211. The number of hydrogen-bond acceptors (Lipinski definition) is 3. The van der Waals surface area contributed by atoms with Crippen LogP contribution in [0.15, 0.2) is 48.5 Å². The van der Waals surface area contributed by atoms with Crippen LogP contribution in [0.2, 0.25) is 0 Å². The molecule has 2 N–H and O–H groups in total. The maximum Gasteiger partial charge on any atom is 0.251 e. The van der Waals surface area contributed by atoms with Gasteiger partial charge in [0, 0.05) is 5.56 Å². The summed E-state index contributed by atoms with van der Waals surface area (Å²) in [6, 6.07) is 14.9. The average Bonchev–Trinajstić information content (AvgIpc) is 2.62. The van der Waals surface area contributed by atoms with Crippen molar-refractivity contribution < 1.29 is 13.2 Å². The van der Waals surface area contributed by atoms with Gasteiger partial charge in [0.15, 0.2) is 0 Å². The molecule has 2 aromatic carbocycles. The van der Waals surface area contributed by atoms with Crippen LogP contribution in [0.3, 0.4) is 0 Å². The van der Waals surface area contributed by atoms with Gasteiger partial charge in [-0.15, -0.1) is 0 Å². The van der Waals surface area contributed by atoms with Crippen molar-refractivity contribution in [3.05, 3.63) is 65.2 Å². The van der Waals surface area contributed by atoms with E-state index in [0.29, 0.717) is 11.3 Å². The summed E-state index contributed by atoms with van der Waals surface area (Å²) in [5.41, 5.74) is 2.69. The SMILES string of the molecule is CCCCCC(NC(=O)c1ccc(C)c(NS(C)(=O)=O)c1)c1ccccc1. The lowest BCUT2D eigenvalue weighted by atomic mass is 9.99. The van der Waals surface area contributed by atoms with Gasteiger partial charge in [-0.25, -0.2) is 8.42 Å². The molecule has 6 heteroatoms. The van der Waals surface area contributed by atoms with Crippen molar-refractivity contribution in [2.75, 3.05) is 11.0 Å². The Morgan fingerprint density at radius 3 is 2.41 bits per heavy atom. The average molecular weight is 389 g/mol. The first kappa shape index (κ1) is 21.0. The van der Waals surface area contributed by atoms with Crippen LogP contribution in [-0.2, 0) is 10.0 Å². The Balaban J connectivity index is 2.20. The third kappa shape index (κ3) is 6.71. The summed E-state index contributed by atoms with van der Waals surface area (Å²) in [5, 5.41) is 3.10. The second-order valence-corrected chi connectivity index (χ2v) is 8.58. The predicted octanol–water partition coefficient (Wildman–Crippen LogP) is 4.42. The molecule has 1 amide bonds. The van der Waals surface area contributed by atoms with E-state index >= 15 is 0 Å². The maximum atomic E-state index is 12.8. The van der Waals surface area contributed by atoms with Gasteiger partial charge in [-0.2, -0.15) is 0 Å². The first-order valence-corrected chi connectivity index (χ1v) is 11.1. The molecule has 27 heavy (non-hydrogen) atoms. The molecule has 146 valence electrons. The third-order valence-corrected chi connectivity index (χ3v) is 4.99. The number of amides is 1. The molecular weight excluding hydrogens is 360 g/mol. The molecule has 0 saturated carbocycles. The lowest BCUT2D eigenvalue weighted by Crippen LogP contribution is -2.28. The smallest absolute Gasteiger partial charge is 0.251 e. The van der Waals surface area contributed by atoms with Crippen LogP contribution in [-0.4, -0.2) is 20.6 Å². The normalized spacial score (nSPS) is 12.4. The summed E-state index contributed by atoms with van der Waals surface area (Å²) < 4.78 is 25.5. The van der Waals surface area contributed by atoms with Gasteiger partial charge in [0.05, 0.1) is 18.0 Å². The van der Waals surface area contributed by atoms with Crippen molar-refractivity contribution in [1.82, 2.24) is 5.32 Å². The van der Waals surface area contributed by atoms with E-state index in [2.05, 4.69) is 17.0 Å². The van der Waals surface area contributed by atoms with Crippen LogP contribution < -0.4 is 10.0 Å². The number of sulfonamides is 1. The first-order valence-electron chi connectivity index (χ1n) is 9.24. The second-order valence-electron chi connectivity index (χ2n) is 6.84. The summed E-state index contributed by atoms with van der Waals surface area (Å²) in [6.07, 6.45) is 5.23.